The van der Waals surface area contributed by atoms with E-state index in [1.54, 1.807) is 18.9 Å². The van der Waals surface area contributed by atoms with E-state index in [9.17, 15) is 40.0 Å². The number of benzene rings is 2. The van der Waals surface area contributed by atoms with Gasteiger partial charge in [0, 0.05) is 25.2 Å². The fraction of sp³-hybridized carbons (Fsp3) is 0.500. The zero-order chi connectivity index (χ0) is 37.1. The summed E-state index contributed by atoms with van der Waals surface area (Å²) < 4.78 is 101. The van der Waals surface area contributed by atoms with Gasteiger partial charge in [0.1, 0.15) is 23.8 Å². The van der Waals surface area contributed by atoms with Crippen LogP contribution in [0, 0.1) is 11.6 Å². The summed E-state index contributed by atoms with van der Waals surface area (Å²) in [6.07, 6.45) is -3.51. The zero-order valence-electron chi connectivity index (χ0n) is 28.2. The molecule has 3 aromatic rings. The van der Waals surface area contributed by atoms with Gasteiger partial charge in [-0.25, -0.2) is 22.0 Å². The van der Waals surface area contributed by atoms with Gasteiger partial charge in [-0.15, -0.1) is 0 Å². The quantitative estimate of drug-likeness (QED) is 0.0991. The Kier molecular flexibility index (Phi) is 14.9. The fourth-order valence-corrected chi connectivity index (χ4v) is 7.70. The molecule has 50 heavy (non-hydrogen) atoms. The second-order valence-corrected chi connectivity index (χ2v) is 14.5. The monoisotopic (exact) mass is 729 g/mol. The Hall–Kier alpha value is -3.89. The van der Waals surface area contributed by atoms with Gasteiger partial charge in [0.25, 0.3) is 5.91 Å². The van der Waals surface area contributed by atoms with E-state index >= 15 is 0 Å². The molecule has 0 aliphatic heterocycles. The third-order valence-corrected chi connectivity index (χ3v) is 10.4. The highest BCUT2D eigenvalue weighted by Crippen LogP contribution is 2.30. The molecule has 1 heterocycles. The Morgan fingerprint density at radius 2 is 1.62 bits per heavy atom. The smallest absolute Gasteiger partial charge is 0.433 e. The first-order chi connectivity index (χ1) is 23.6. The van der Waals surface area contributed by atoms with Crippen LogP contribution in [0.2, 0.25) is 0 Å². The van der Waals surface area contributed by atoms with Crippen molar-refractivity contribution in [3.63, 3.8) is 0 Å². The number of hydrogen-bond acceptors (Lipinski definition) is 8. The van der Waals surface area contributed by atoms with E-state index in [4.69, 9.17) is 10.5 Å². The van der Waals surface area contributed by atoms with Crippen molar-refractivity contribution in [1.29, 1.82) is 0 Å². The first kappa shape index (κ1) is 40.5. The Morgan fingerprint density at radius 3 is 2.22 bits per heavy atom. The number of halogens is 5. The molecule has 0 radical (unpaired) electrons. The van der Waals surface area contributed by atoms with Gasteiger partial charge in [0.2, 0.25) is 0 Å². The van der Waals surface area contributed by atoms with Crippen molar-refractivity contribution < 1.29 is 44.7 Å². The molecule has 0 aliphatic rings. The van der Waals surface area contributed by atoms with Gasteiger partial charge in [-0.2, -0.15) is 18.3 Å². The number of aromatic amines is 1. The first-order valence-corrected chi connectivity index (χ1v) is 18.1. The Labute approximate surface area is 288 Å². The maximum Gasteiger partial charge on any atom is 0.433 e. The van der Waals surface area contributed by atoms with Crippen molar-refractivity contribution in [2.75, 3.05) is 12.3 Å². The van der Waals surface area contributed by atoms with Crippen molar-refractivity contribution >= 4 is 21.7 Å². The molecular formula is C34H44F5N5O5S. The molecule has 2 aromatic carbocycles. The summed E-state index contributed by atoms with van der Waals surface area (Å²) in [5.74, 6) is -5.35. The molecule has 0 spiro atoms. The molecule has 3 rings (SSSR count). The third-order valence-electron chi connectivity index (χ3n) is 8.10. The Balaban J connectivity index is 1.94. The topological polar surface area (TPSA) is 156 Å². The summed E-state index contributed by atoms with van der Waals surface area (Å²) in [5.41, 5.74) is 6.10. The van der Waals surface area contributed by atoms with Crippen LogP contribution < -0.4 is 16.4 Å². The van der Waals surface area contributed by atoms with Gasteiger partial charge in [0.05, 0.1) is 22.8 Å². The van der Waals surface area contributed by atoms with Crippen LogP contribution in [0.5, 0.6) is 0 Å². The van der Waals surface area contributed by atoms with E-state index in [2.05, 4.69) is 15.7 Å². The SMILES string of the molecule is CCCC(CCC)S(=O)(=O)C[C@@H](NC(=O)c1cn[nH]c1C(F)(F)F)C(=O)O[C@H](CNCc1cccc(CC)c1)[C@@H](N)Cc1cc(F)cc(F)c1. The average molecular weight is 730 g/mol. The number of ether oxygens (including phenoxy) is 1. The Morgan fingerprint density at radius 1 is 0.980 bits per heavy atom. The maximum atomic E-state index is 14.0. The van der Waals surface area contributed by atoms with E-state index in [1.807, 2.05) is 31.2 Å². The Bertz CT molecular complexity index is 1660. The summed E-state index contributed by atoms with van der Waals surface area (Å²) >= 11 is 0. The van der Waals surface area contributed by atoms with Crippen LogP contribution in [0.1, 0.15) is 79.2 Å². The molecule has 276 valence electrons. The third kappa shape index (κ3) is 11.9. The standard InChI is InChI=1S/C34H44F5N5O5S/c1-4-8-26(9-5-2)50(47,48)20-29(43-32(45)27-18-42-44-31(27)34(37,38)39)33(46)49-30(19-41-17-22-11-7-10-21(6-3)12-22)28(40)15-23-13-24(35)16-25(36)14-23/h7,10-14,16,18,26,28-30,41H,4-6,8-9,15,17,19-20,40H2,1-3H3,(H,42,44)(H,43,45)/t28-,29+,30+/m0/s1. The summed E-state index contributed by atoms with van der Waals surface area (Å²) in [6.45, 7) is 5.75. The van der Waals surface area contributed by atoms with Crippen LogP contribution in [-0.2, 0) is 44.9 Å². The number of sulfone groups is 1. The second-order valence-electron chi connectivity index (χ2n) is 12.1. The van der Waals surface area contributed by atoms with Crippen LogP contribution in [0.15, 0.2) is 48.7 Å². The number of hydrogen-bond donors (Lipinski definition) is 4. The molecule has 0 saturated heterocycles. The fourth-order valence-electron chi connectivity index (χ4n) is 5.56. The van der Waals surface area contributed by atoms with Crippen molar-refractivity contribution in [1.82, 2.24) is 20.8 Å². The summed E-state index contributed by atoms with van der Waals surface area (Å²) in [7, 11) is -4.11. The van der Waals surface area contributed by atoms with E-state index < -0.39 is 80.0 Å². The molecule has 0 fully saturated rings. The van der Waals surface area contributed by atoms with E-state index in [0.717, 1.165) is 29.7 Å². The molecule has 1 aromatic heterocycles. The van der Waals surface area contributed by atoms with Crippen LogP contribution in [0.25, 0.3) is 0 Å². The molecule has 0 aliphatic carbocycles. The van der Waals surface area contributed by atoms with Gasteiger partial charge in [0.15, 0.2) is 15.5 Å². The van der Waals surface area contributed by atoms with Crippen LogP contribution in [0.3, 0.4) is 0 Å². The highest BCUT2D eigenvalue weighted by molar-refractivity contribution is 7.92. The first-order valence-electron chi connectivity index (χ1n) is 16.4. The van der Waals surface area contributed by atoms with Crippen molar-refractivity contribution in [3.05, 3.63) is 88.2 Å². The molecule has 10 nitrogen and oxygen atoms in total. The highest BCUT2D eigenvalue weighted by Gasteiger charge is 2.40. The van der Waals surface area contributed by atoms with Gasteiger partial charge in [-0.3, -0.25) is 9.89 Å². The lowest BCUT2D eigenvalue weighted by Crippen LogP contribution is -2.52. The van der Waals surface area contributed by atoms with Crippen LogP contribution >= 0.6 is 0 Å². The molecule has 16 heteroatoms. The minimum Gasteiger partial charge on any atom is -0.458 e. The van der Waals surface area contributed by atoms with Gasteiger partial charge < -0.3 is 21.1 Å². The van der Waals surface area contributed by atoms with Crippen molar-refractivity contribution in [2.45, 2.75) is 95.5 Å². The number of H-pyrrole nitrogens is 1. The molecule has 0 saturated carbocycles. The summed E-state index contributed by atoms with van der Waals surface area (Å²) in [5, 5.41) is 9.35. The minimum absolute atomic E-state index is 0.108. The number of nitrogens with zero attached hydrogens (tertiary/aromatic N) is 1. The lowest BCUT2D eigenvalue weighted by atomic mass is 10.0. The lowest BCUT2D eigenvalue weighted by Gasteiger charge is -2.28. The number of nitrogens with one attached hydrogen (secondary N) is 3. The molecular weight excluding hydrogens is 685 g/mol. The predicted molar refractivity (Wildman–Crippen MR) is 178 cm³/mol. The normalized spacial score (nSPS) is 14.0. The number of carbonyl (C=O) groups is 2. The molecule has 3 atom stereocenters. The van der Waals surface area contributed by atoms with E-state index in [1.165, 1.54) is 0 Å². The molecule has 1 amide bonds. The maximum absolute atomic E-state index is 14.0. The van der Waals surface area contributed by atoms with Gasteiger partial charge in [-0.1, -0.05) is 57.9 Å². The number of rotatable bonds is 19. The van der Waals surface area contributed by atoms with Crippen LogP contribution in [0.4, 0.5) is 22.0 Å². The number of aromatic nitrogens is 2. The lowest BCUT2D eigenvalue weighted by molar-refractivity contribution is -0.151. The predicted octanol–water partition coefficient (Wildman–Crippen LogP) is 5.02. The summed E-state index contributed by atoms with van der Waals surface area (Å²) in [4.78, 5) is 26.9. The number of alkyl halides is 3. The van der Waals surface area contributed by atoms with E-state index in [0.29, 0.717) is 31.6 Å². The molecule has 0 unspecified atom stereocenters. The number of esters is 1. The molecule has 0 bridgehead atoms. The zero-order valence-corrected chi connectivity index (χ0v) is 29.0. The largest absolute Gasteiger partial charge is 0.458 e. The average Bonchev–Trinajstić information content (AvgIpc) is 3.55. The number of nitrogens with two attached hydrogens (primary N) is 1. The highest BCUT2D eigenvalue weighted by atomic mass is 32.2. The van der Waals surface area contributed by atoms with Gasteiger partial charge >= 0.3 is 12.1 Å². The van der Waals surface area contributed by atoms with E-state index in [-0.39, 0.29) is 31.4 Å². The number of amides is 1. The second kappa shape index (κ2) is 18.4. The van der Waals surface area contributed by atoms with Crippen LogP contribution in [-0.4, -0.2) is 66.2 Å². The number of aryl methyl sites for hydroxylation is 1. The van der Waals surface area contributed by atoms with Crippen molar-refractivity contribution in [2.24, 2.45) is 5.73 Å². The number of carbonyl (C=O) groups excluding carboxylic acids is 2. The summed E-state index contributed by atoms with van der Waals surface area (Å²) in [6, 6.07) is 7.43. The van der Waals surface area contributed by atoms with Crippen molar-refractivity contribution in [3.8, 4) is 0 Å². The molecule has 5 N–H and O–H groups in total. The van der Waals surface area contributed by atoms with Gasteiger partial charge in [-0.05, 0) is 54.5 Å². The minimum atomic E-state index is -5.00.